The molecule has 3 rings (SSSR count). The normalized spacial score (nSPS) is 10.0. The van der Waals surface area contributed by atoms with Crippen LogP contribution in [0.15, 0.2) is 42.6 Å². The lowest BCUT2D eigenvalue weighted by molar-refractivity contribution is 1.11. The molecular weight excluding hydrogens is 238 g/mol. The zero-order valence-corrected chi connectivity index (χ0v) is 9.78. The minimum Gasteiger partial charge on any atom is -0.281 e. The Balaban J connectivity index is 2.19. The summed E-state index contributed by atoms with van der Waals surface area (Å²) in [6, 6.07) is 14.7. The van der Waals surface area contributed by atoms with Crippen LogP contribution in [-0.4, -0.2) is 14.6 Å². The van der Waals surface area contributed by atoms with Gasteiger partial charge in [-0.1, -0.05) is 0 Å². The molecule has 0 unspecified atom stereocenters. The van der Waals surface area contributed by atoms with Gasteiger partial charge in [0, 0.05) is 11.8 Å². The molecule has 0 amide bonds. The highest BCUT2D eigenvalue weighted by Gasteiger charge is 2.08. The third-order valence-corrected chi connectivity index (χ3v) is 2.80. The summed E-state index contributed by atoms with van der Waals surface area (Å²) in [4.78, 5) is 0. The molecule has 2 aromatic heterocycles. The second-order valence-electron chi connectivity index (χ2n) is 3.97. The van der Waals surface area contributed by atoms with Gasteiger partial charge in [-0.3, -0.25) is 4.40 Å². The lowest BCUT2D eigenvalue weighted by atomic mass is 10.1. The van der Waals surface area contributed by atoms with Crippen LogP contribution >= 0.6 is 0 Å². The van der Waals surface area contributed by atoms with Crippen LogP contribution in [0.3, 0.4) is 0 Å². The van der Waals surface area contributed by atoms with Crippen molar-refractivity contribution in [2.75, 3.05) is 0 Å². The van der Waals surface area contributed by atoms with Crippen molar-refractivity contribution in [3.63, 3.8) is 0 Å². The molecule has 5 nitrogen and oxygen atoms in total. The Morgan fingerprint density at radius 1 is 0.842 bits per heavy atom. The molecule has 0 bridgehead atoms. The molecule has 19 heavy (non-hydrogen) atoms. The number of benzene rings is 1. The highest BCUT2D eigenvalue weighted by Crippen LogP contribution is 2.19. The SMILES string of the molecule is N#Cc1ccc(-c2nnc3ccc(C#N)cn23)cc1. The van der Waals surface area contributed by atoms with Gasteiger partial charge in [0.1, 0.15) is 6.07 Å². The minimum atomic E-state index is 0.544. The van der Waals surface area contributed by atoms with Gasteiger partial charge in [0.15, 0.2) is 11.5 Å². The van der Waals surface area contributed by atoms with E-state index < -0.39 is 0 Å². The molecule has 0 spiro atoms. The van der Waals surface area contributed by atoms with Gasteiger partial charge >= 0.3 is 0 Å². The predicted molar refractivity (Wildman–Crippen MR) is 67.9 cm³/mol. The Morgan fingerprint density at radius 2 is 1.53 bits per heavy atom. The van der Waals surface area contributed by atoms with Crippen LogP contribution in [0.5, 0.6) is 0 Å². The second kappa shape index (κ2) is 4.25. The molecule has 3 aromatic rings. The maximum atomic E-state index is 8.92. The fourth-order valence-corrected chi connectivity index (χ4v) is 1.85. The van der Waals surface area contributed by atoms with Crippen LogP contribution in [-0.2, 0) is 0 Å². The van der Waals surface area contributed by atoms with Gasteiger partial charge in [-0.05, 0) is 36.4 Å². The molecule has 0 fully saturated rings. The van der Waals surface area contributed by atoms with Gasteiger partial charge in [-0.25, -0.2) is 0 Å². The van der Waals surface area contributed by atoms with Crippen LogP contribution in [0.25, 0.3) is 17.0 Å². The van der Waals surface area contributed by atoms with E-state index in [-0.39, 0.29) is 0 Å². The predicted octanol–water partition coefficient (Wildman–Crippen LogP) is 2.14. The Hall–Kier alpha value is -3.18. The highest BCUT2D eigenvalue weighted by molar-refractivity contribution is 5.61. The fraction of sp³-hybridized carbons (Fsp3) is 0. The van der Waals surface area contributed by atoms with Crippen LogP contribution in [0.2, 0.25) is 0 Å². The summed E-state index contributed by atoms with van der Waals surface area (Å²) in [6.45, 7) is 0. The van der Waals surface area contributed by atoms with E-state index >= 15 is 0 Å². The van der Waals surface area contributed by atoms with E-state index in [2.05, 4.69) is 22.3 Å². The zero-order valence-electron chi connectivity index (χ0n) is 9.78. The topological polar surface area (TPSA) is 77.8 Å². The smallest absolute Gasteiger partial charge is 0.168 e. The summed E-state index contributed by atoms with van der Waals surface area (Å²) in [7, 11) is 0. The van der Waals surface area contributed by atoms with Gasteiger partial charge in [-0.15, -0.1) is 10.2 Å². The number of hydrogen-bond acceptors (Lipinski definition) is 4. The molecule has 1 aromatic carbocycles. The first-order valence-corrected chi connectivity index (χ1v) is 5.57. The lowest BCUT2D eigenvalue weighted by Gasteiger charge is -2.00. The molecular formula is C14H7N5. The average molecular weight is 245 g/mol. The maximum Gasteiger partial charge on any atom is 0.168 e. The molecule has 2 heterocycles. The summed E-state index contributed by atoms with van der Waals surface area (Å²) in [6.07, 6.45) is 1.70. The molecule has 0 aliphatic carbocycles. The fourth-order valence-electron chi connectivity index (χ4n) is 1.85. The van der Waals surface area contributed by atoms with Gasteiger partial charge < -0.3 is 0 Å². The Morgan fingerprint density at radius 3 is 2.21 bits per heavy atom. The van der Waals surface area contributed by atoms with Crippen LogP contribution in [0.4, 0.5) is 0 Å². The van der Waals surface area contributed by atoms with Gasteiger partial charge in [0.05, 0.1) is 17.2 Å². The Bertz CT molecular complexity index is 831. The highest BCUT2D eigenvalue weighted by atomic mass is 15.2. The summed E-state index contributed by atoms with van der Waals surface area (Å²) in [5, 5.41) is 25.9. The number of aromatic nitrogens is 3. The first-order valence-electron chi connectivity index (χ1n) is 5.57. The molecule has 0 saturated carbocycles. The van der Waals surface area contributed by atoms with E-state index in [4.69, 9.17) is 10.5 Å². The molecule has 0 atom stereocenters. The lowest BCUT2D eigenvalue weighted by Crippen LogP contribution is -1.90. The summed E-state index contributed by atoms with van der Waals surface area (Å²) in [5.74, 6) is 0.650. The molecule has 0 N–H and O–H groups in total. The minimum absolute atomic E-state index is 0.544. The molecule has 0 aliphatic rings. The molecule has 88 valence electrons. The monoisotopic (exact) mass is 245 g/mol. The molecule has 0 saturated heterocycles. The van der Waals surface area contributed by atoms with Crippen molar-refractivity contribution in [3.8, 4) is 23.5 Å². The van der Waals surface area contributed by atoms with E-state index in [1.54, 1.807) is 34.9 Å². The zero-order chi connectivity index (χ0) is 13.2. The number of pyridine rings is 1. The third-order valence-electron chi connectivity index (χ3n) is 2.80. The van der Waals surface area contributed by atoms with Gasteiger partial charge in [0.2, 0.25) is 0 Å². The van der Waals surface area contributed by atoms with Crippen LogP contribution < -0.4 is 0 Å². The van der Waals surface area contributed by atoms with E-state index in [9.17, 15) is 0 Å². The average Bonchev–Trinajstić information content (AvgIpc) is 2.90. The number of nitriles is 2. The van der Waals surface area contributed by atoms with E-state index in [1.807, 2.05) is 12.1 Å². The first kappa shape index (κ1) is 10.9. The largest absolute Gasteiger partial charge is 0.281 e. The molecule has 0 aliphatic heterocycles. The first-order chi connectivity index (χ1) is 9.31. The van der Waals surface area contributed by atoms with Crippen molar-refractivity contribution in [2.24, 2.45) is 0 Å². The Kier molecular flexibility index (Phi) is 2.45. The van der Waals surface area contributed by atoms with E-state index in [1.165, 1.54) is 0 Å². The standard InChI is InChI=1S/C14H7N5/c15-7-10-1-4-12(5-2-10)14-18-17-13-6-3-11(8-16)9-19(13)14/h1-6,9H. The van der Waals surface area contributed by atoms with Crippen molar-refractivity contribution in [1.29, 1.82) is 10.5 Å². The van der Waals surface area contributed by atoms with Crippen LogP contribution in [0, 0.1) is 22.7 Å². The second-order valence-corrected chi connectivity index (χ2v) is 3.97. The number of nitrogens with zero attached hydrogens (tertiary/aromatic N) is 5. The molecule has 5 heteroatoms. The van der Waals surface area contributed by atoms with E-state index in [0.717, 1.165) is 5.56 Å². The van der Waals surface area contributed by atoms with Gasteiger partial charge in [-0.2, -0.15) is 10.5 Å². The third kappa shape index (κ3) is 1.80. The van der Waals surface area contributed by atoms with Crippen molar-refractivity contribution in [2.45, 2.75) is 0 Å². The maximum absolute atomic E-state index is 8.92. The Labute approximate surface area is 109 Å². The molecule has 0 radical (unpaired) electrons. The van der Waals surface area contributed by atoms with Crippen LogP contribution in [0.1, 0.15) is 11.1 Å². The summed E-state index contributed by atoms with van der Waals surface area (Å²) < 4.78 is 1.76. The van der Waals surface area contributed by atoms with Crippen molar-refractivity contribution in [3.05, 3.63) is 53.7 Å². The van der Waals surface area contributed by atoms with Crippen molar-refractivity contribution >= 4 is 5.65 Å². The van der Waals surface area contributed by atoms with Crippen molar-refractivity contribution in [1.82, 2.24) is 14.6 Å². The number of hydrogen-bond donors (Lipinski definition) is 0. The van der Waals surface area contributed by atoms with E-state index in [0.29, 0.717) is 22.6 Å². The summed E-state index contributed by atoms with van der Waals surface area (Å²) in [5.41, 5.74) is 2.66. The summed E-state index contributed by atoms with van der Waals surface area (Å²) >= 11 is 0. The number of fused-ring (bicyclic) bond motifs is 1. The number of rotatable bonds is 1. The van der Waals surface area contributed by atoms with Gasteiger partial charge in [0.25, 0.3) is 0 Å². The quantitative estimate of drug-likeness (QED) is 0.658. The van der Waals surface area contributed by atoms with Crippen molar-refractivity contribution < 1.29 is 0 Å².